The zero-order valence-corrected chi connectivity index (χ0v) is 21.9. The minimum Gasteiger partial charge on any atom is -0.457 e. The van der Waals surface area contributed by atoms with E-state index >= 15 is 0 Å². The van der Waals surface area contributed by atoms with Gasteiger partial charge >= 0.3 is 0 Å². The summed E-state index contributed by atoms with van der Waals surface area (Å²) in [6, 6.07) is 16.5. The third-order valence-corrected chi connectivity index (χ3v) is 6.49. The second kappa shape index (κ2) is 11.7. The molecule has 2 amide bonds. The second-order valence-corrected chi connectivity index (χ2v) is 10.0. The summed E-state index contributed by atoms with van der Waals surface area (Å²) in [4.78, 5) is 28.9. The number of benzene rings is 2. The summed E-state index contributed by atoms with van der Waals surface area (Å²) in [7, 11) is 0. The molecule has 0 saturated carbocycles. The highest BCUT2D eigenvalue weighted by Crippen LogP contribution is 2.31. The monoisotopic (exact) mass is 525 g/mol. The third-order valence-electron chi connectivity index (χ3n) is 5.94. The lowest BCUT2D eigenvalue weighted by molar-refractivity contribution is -0.132. The predicted octanol–water partition coefficient (Wildman–Crippen LogP) is 6.60. The van der Waals surface area contributed by atoms with E-state index in [1.807, 2.05) is 29.2 Å². The molecular formula is C28H29Cl2N3O3. The molecule has 0 unspecified atom stereocenters. The molecule has 0 bridgehead atoms. The van der Waals surface area contributed by atoms with Crippen molar-refractivity contribution in [2.45, 2.75) is 20.3 Å². The van der Waals surface area contributed by atoms with Crippen LogP contribution in [0, 0.1) is 5.92 Å². The molecule has 1 fully saturated rings. The van der Waals surface area contributed by atoms with Gasteiger partial charge in [-0.25, -0.2) is 0 Å². The Kier molecular flexibility index (Phi) is 8.39. The molecule has 4 rings (SSSR count). The first-order chi connectivity index (χ1) is 17.3. The van der Waals surface area contributed by atoms with Gasteiger partial charge in [-0.1, -0.05) is 37.0 Å². The van der Waals surface area contributed by atoms with Crippen molar-refractivity contribution in [2.75, 3.05) is 36.4 Å². The number of amides is 2. The average molecular weight is 526 g/mol. The van der Waals surface area contributed by atoms with Crippen LogP contribution in [0.2, 0.25) is 10.0 Å². The Morgan fingerprint density at radius 2 is 1.72 bits per heavy atom. The summed E-state index contributed by atoms with van der Waals surface area (Å²) < 4.78 is 5.79. The fraction of sp³-hybridized carbons (Fsp3) is 0.286. The van der Waals surface area contributed by atoms with E-state index < -0.39 is 0 Å². The van der Waals surface area contributed by atoms with E-state index in [0.29, 0.717) is 39.6 Å². The van der Waals surface area contributed by atoms with E-state index in [4.69, 9.17) is 27.6 Å². The van der Waals surface area contributed by atoms with Crippen LogP contribution in [0.4, 0.5) is 11.4 Å². The van der Waals surface area contributed by atoms with Gasteiger partial charge in [0.2, 0.25) is 11.8 Å². The van der Waals surface area contributed by atoms with Crippen LogP contribution in [-0.2, 0) is 9.59 Å². The molecule has 2 heterocycles. The van der Waals surface area contributed by atoms with Crippen molar-refractivity contribution >= 4 is 52.5 Å². The summed E-state index contributed by atoms with van der Waals surface area (Å²) in [6.45, 7) is 7.18. The van der Waals surface area contributed by atoms with Crippen LogP contribution >= 0.6 is 23.2 Å². The Balaban J connectivity index is 1.29. The first kappa shape index (κ1) is 25.9. The number of piperazine rings is 1. The summed E-state index contributed by atoms with van der Waals surface area (Å²) in [6.07, 6.45) is 3.63. The Hall–Kier alpha value is -3.22. The molecule has 0 atom stereocenters. The molecule has 188 valence electrons. The maximum atomic E-state index is 12.4. The van der Waals surface area contributed by atoms with Crippen LogP contribution in [0.25, 0.3) is 17.4 Å². The largest absolute Gasteiger partial charge is 0.457 e. The van der Waals surface area contributed by atoms with E-state index in [2.05, 4.69) is 24.1 Å². The van der Waals surface area contributed by atoms with Crippen molar-refractivity contribution < 1.29 is 14.0 Å². The van der Waals surface area contributed by atoms with Gasteiger partial charge < -0.3 is 19.5 Å². The maximum Gasteiger partial charge on any atom is 0.248 e. The zero-order chi connectivity index (χ0) is 25.7. The number of anilines is 2. The molecular weight excluding hydrogens is 497 g/mol. The van der Waals surface area contributed by atoms with Gasteiger partial charge in [0.15, 0.2) is 0 Å². The molecule has 2 aromatic carbocycles. The molecule has 1 aliphatic heterocycles. The topological polar surface area (TPSA) is 65.8 Å². The number of furan rings is 1. The smallest absolute Gasteiger partial charge is 0.248 e. The zero-order valence-electron chi connectivity index (χ0n) is 20.3. The number of rotatable bonds is 7. The van der Waals surface area contributed by atoms with Gasteiger partial charge in [-0.3, -0.25) is 9.59 Å². The maximum absolute atomic E-state index is 12.4. The van der Waals surface area contributed by atoms with Crippen molar-refractivity contribution in [3.8, 4) is 11.3 Å². The molecule has 1 saturated heterocycles. The van der Waals surface area contributed by atoms with Gasteiger partial charge in [0.1, 0.15) is 11.5 Å². The predicted molar refractivity (Wildman–Crippen MR) is 147 cm³/mol. The van der Waals surface area contributed by atoms with Crippen molar-refractivity contribution in [3.63, 3.8) is 0 Å². The standard InChI is InChI=1S/C28H29Cl2N3O3/c1-19(2)17-28(35)33-15-13-32(14-16-33)22-6-4-21(5-7-22)31-27(34)12-9-23-8-11-26(36-23)24-10-3-20(29)18-25(24)30/h3-12,18-19H,13-17H2,1-2H3,(H,31,34)/b12-9+. The van der Waals surface area contributed by atoms with Crippen LogP contribution in [0.15, 0.2) is 65.1 Å². The summed E-state index contributed by atoms with van der Waals surface area (Å²) in [5.74, 6) is 1.47. The third kappa shape index (κ3) is 6.71. The van der Waals surface area contributed by atoms with Crippen LogP contribution < -0.4 is 10.2 Å². The lowest BCUT2D eigenvalue weighted by Gasteiger charge is -2.36. The first-order valence-corrected chi connectivity index (χ1v) is 12.7. The van der Waals surface area contributed by atoms with Crippen molar-refractivity contribution in [1.82, 2.24) is 4.90 Å². The van der Waals surface area contributed by atoms with Gasteiger partial charge in [0.25, 0.3) is 0 Å². The number of hydrogen-bond donors (Lipinski definition) is 1. The van der Waals surface area contributed by atoms with Crippen molar-refractivity contribution in [1.29, 1.82) is 0 Å². The lowest BCUT2D eigenvalue weighted by atomic mass is 10.1. The Labute approximate surface area is 221 Å². The van der Waals surface area contributed by atoms with Crippen molar-refractivity contribution in [3.05, 3.63) is 76.5 Å². The highest BCUT2D eigenvalue weighted by atomic mass is 35.5. The fourth-order valence-electron chi connectivity index (χ4n) is 4.07. The van der Waals surface area contributed by atoms with Gasteiger partial charge in [0.05, 0.1) is 5.02 Å². The summed E-state index contributed by atoms with van der Waals surface area (Å²) in [5.41, 5.74) is 2.50. The first-order valence-electron chi connectivity index (χ1n) is 12.0. The lowest BCUT2D eigenvalue weighted by Crippen LogP contribution is -2.49. The molecule has 8 heteroatoms. The molecule has 0 radical (unpaired) electrons. The van der Waals surface area contributed by atoms with E-state index in [1.54, 1.807) is 36.4 Å². The van der Waals surface area contributed by atoms with Crippen LogP contribution in [-0.4, -0.2) is 42.9 Å². The SMILES string of the molecule is CC(C)CC(=O)N1CCN(c2ccc(NC(=O)/C=C/c3ccc(-c4ccc(Cl)cc4Cl)o3)cc2)CC1. The number of nitrogens with zero attached hydrogens (tertiary/aromatic N) is 2. The quantitative estimate of drug-likeness (QED) is 0.353. The number of nitrogens with one attached hydrogen (secondary N) is 1. The molecule has 1 aromatic heterocycles. The highest BCUT2D eigenvalue weighted by molar-refractivity contribution is 6.36. The fourth-order valence-corrected chi connectivity index (χ4v) is 4.57. The normalized spacial score (nSPS) is 14.0. The number of hydrogen-bond acceptors (Lipinski definition) is 4. The average Bonchev–Trinajstić information content (AvgIpc) is 3.32. The van der Waals surface area contributed by atoms with Gasteiger partial charge in [-0.15, -0.1) is 0 Å². The Bertz CT molecular complexity index is 1240. The van der Waals surface area contributed by atoms with Crippen LogP contribution in [0.5, 0.6) is 0 Å². The summed E-state index contributed by atoms with van der Waals surface area (Å²) >= 11 is 12.2. The molecule has 0 aliphatic carbocycles. The summed E-state index contributed by atoms with van der Waals surface area (Å²) in [5, 5.41) is 3.91. The highest BCUT2D eigenvalue weighted by Gasteiger charge is 2.21. The number of halogens is 2. The van der Waals surface area contributed by atoms with E-state index in [9.17, 15) is 9.59 Å². The molecule has 6 nitrogen and oxygen atoms in total. The van der Waals surface area contributed by atoms with Crippen LogP contribution in [0.3, 0.4) is 0 Å². The molecule has 36 heavy (non-hydrogen) atoms. The van der Waals surface area contributed by atoms with Gasteiger partial charge in [0, 0.05) is 60.6 Å². The van der Waals surface area contributed by atoms with E-state index in [1.165, 1.54) is 6.08 Å². The van der Waals surface area contributed by atoms with Crippen LogP contribution in [0.1, 0.15) is 26.0 Å². The van der Waals surface area contributed by atoms with E-state index in [0.717, 1.165) is 37.4 Å². The minimum atomic E-state index is -0.262. The van der Waals surface area contributed by atoms with E-state index in [-0.39, 0.29) is 11.8 Å². The van der Waals surface area contributed by atoms with Gasteiger partial charge in [-0.2, -0.15) is 0 Å². The van der Waals surface area contributed by atoms with Crippen molar-refractivity contribution in [2.24, 2.45) is 5.92 Å². The Morgan fingerprint density at radius 3 is 2.39 bits per heavy atom. The molecule has 3 aromatic rings. The molecule has 1 aliphatic rings. The molecule has 0 spiro atoms. The van der Waals surface area contributed by atoms with Gasteiger partial charge in [-0.05, 0) is 66.6 Å². The molecule has 1 N–H and O–H groups in total. The second-order valence-electron chi connectivity index (χ2n) is 9.16. The number of carbonyl (C=O) groups is 2. The number of carbonyl (C=O) groups excluding carboxylic acids is 2. The minimum absolute atomic E-state index is 0.232. The Morgan fingerprint density at radius 1 is 1.00 bits per heavy atom.